The number of hydrogen-bond donors (Lipinski definition) is 3. The monoisotopic (exact) mass is 302 g/mol. The van der Waals surface area contributed by atoms with Crippen LogP contribution in [0.5, 0.6) is 5.75 Å². The van der Waals surface area contributed by atoms with Crippen LogP contribution in [-0.4, -0.2) is 23.3 Å². The van der Waals surface area contributed by atoms with Gasteiger partial charge in [0.05, 0.1) is 12.7 Å². The van der Waals surface area contributed by atoms with Crippen molar-refractivity contribution in [2.45, 2.75) is 0 Å². The van der Waals surface area contributed by atoms with Crippen LogP contribution in [0.25, 0.3) is 0 Å². The van der Waals surface area contributed by atoms with Crippen LogP contribution in [0.3, 0.4) is 0 Å². The van der Waals surface area contributed by atoms with Gasteiger partial charge in [0, 0.05) is 17.4 Å². The van der Waals surface area contributed by atoms with Crippen LogP contribution >= 0.6 is 12.2 Å². The molecule has 6 heteroatoms. The van der Waals surface area contributed by atoms with Gasteiger partial charge >= 0.3 is 5.97 Å². The predicted molar refractivity (Wildman–Crippen MR) is 86.2 cm³/mol. The number of carboxylic acid groups (broad SMARTS) is 1. The molecule has 0 saturated carbocycles. The third-order valence-electron chi connectivity index (χ3n) is 2.69. The molecule has 3 N–H and O–H groups in total. The van der Waals surface area contributed by atoms with Crippen LogP contribution < -0.4 is 15.4 Å². The van der Waals surface area contributed by atoms with Gasteiger partial charge < -0.3 is 20.5 Å². The van der Waals surface area contributed by atoms with E-state index in [1.165, 1.54) is 12.1 Å². The number of anilines is 2. The second-order valence-corrected chi connectivity index (χ2v) is 4.61. The van der Waals surface area contributed by atoms with Crippen molar-refractivity contribution in [3.05, 3.63) is 54.1 Å². The number of ether oxygens (including phenoxy) is 1. The van der Waals surface area contributed by atoms with Crippen molar-refractivity contribution in [1.29, 1.82) is 0 Å². The minimum absolute atomic E-state index is 0.198. The smallest absolute Gasteiger partial charge is 0.335 e. The number of carboxylic acids is 1. The second-order valence-electron chi connectivity index (χ2n) is 4.20. The summed E-state index contributed by atoms with van der Waals surface area (Å²) in [4.78, 5) is 10.9. The van der Waals surface area contributed by atoms with Crippen LogP contribution in [0.1, 0.15) is 10.4 Å². The highest BCUT2D eigenvalue weighted by Crippen LogP contribution is 2.17. The Kier molecular flexibility index (Phi) is 4.73. The Bertz CT molecular complexity index is 673. The number of thiocarbonyl (C=S) groups is 1. The molecular formula is C15H14N2O3S. The summed E-state index contributed by atoms with van der Waals surface area (Å²) < 4.78 is 5.13. The zero-order chi connectivity index (χ0) is 15.2. The van der Waals surface area contributed by atoms with E-state index < -0.39 is 5.97 Å². The molecule has 0 aromatic heterocycles. The molecule has 0 aliphatic heterocycles. The van der Waals surface area contributed by atoms with Gasteiger partial charge in [-0.15, -0.1) is 0 Å². The van der Waals surface area contributed by atoms with Crippen molar-refractivity contribution in [1.82, 2.24) is 0 Å². The minimum atomic E-state index is -0.981. The Morgan fingerprint density at radius 2 is 1.71 bits per heavy atom. The van der Waals surface area contributed by atoms with E-state index in [9.17, 15) is 4.79 Å². The van der Waals surface area contributed by atoms with Gasteiger partial charge in [-0.25, -0.2) is 4.79 Å². The minimum Gasteiger partial charge on any atom is -0.497 e. The van der Waals surface area contributed by atoms with Crippen LogP contribution in [0.2, 0.25) is 0 Å². The fourth-order valence-electron chi connectivity index (χ4n) is 1.72. The maximum Gasteiger partial charge on any atom is 0.335 e. The lowest BCUT2D eigenvalue weighted by molar-refractivity contribution is 0.0697. The Morgan fingerprint density at radius 3 is 2.33 bits per heavy atom. The third kappa shape index (κ3) is 4.19. The summed E-state index contributed by atoms with van der Waals surface area (Å²) in [6, 6.07) is 13.8. The van der Waals surface area contributed by atoms with Crippen molar-refractivity contribution in [3.8, 4) is 5.75 Å². The molecule has 0 saturated heterocycles. The highest BCUT2D eigenvalue weighted by Gasteiger charge is 2.05. The van der Waals surface area contributed by atoms with Crippen LogP contribution in [0.15, 0.2) is 48.5 Å². The van der Waals surface area contributed by atoms with E-state index >= 15 is 0 Å². The SMILES string of the molecule is COc1cccc(NC(=S)Nc2cccc(C(=O)O)c2)c1. The van der Waals surface area contributed by atoms with Gasteiger partial charge in [-0.2, -0.15) is 0 Å². The van der Waals surface area contributed by atoms with E-state index in [-0.39, 0.29) is 5.56 Å². The van der Waals surface area contributed by atoms with Gasteiger partial charge in [0.2, 0.25) is 0 Å². The Morgan fingerprint density at radius 1 is 1.10 bits per heavy atom. The number of benzene rings is 2. The summed E-state index contributed by atoms with van der Waals surface area (Å²) in [7, 11) is 1.59. The van der Waals surface area contributed by atoms with E-state index in [4.69, 9.17) is 22.1 Å². The van der Waals surface area contributed by atoms with Crippen molar-refractivity contribution in [3.63, 3.8) is 0 Å². The third-order valence-corrected chi connectivity index (χ3v) is 2.90. The van der Waals surface area contributed by atoms with Crippen molar-refractivity contribution in [2.75, 3.05) is 17.7 Å². The van der Waals surface area contributed by atoms with Crippen molar-refractivity contribution in [2.24, 2.45) is 0 Å². The van der Waals surface area contributed by atoms with Crippen molar-refractivity contribution >= 4 is 34.7 Å². The molecule has 0 amide bonds. The van der Waals surface area contributed by atoms with Crippen molar-refractivity contribution < 1.29 is 14.6 Å². The average Bonchev–Trinajstić information content (AvgIpc) is 2.47. The lowest BCUT2D eigenvalue weighted by Crippen LogP contribution is -2.19. The van der Waals surface area contributed by atoms with Gasteiger partial charge in [0.25, 0.3) is 0 Å². The molecule has 0 radical (unpaired) electrons. The average molecular weight is 302 g/mol. The van der Waals surface area contributed by atoms with Crippen LogP contribution in [0, 0.1) is 0 Å². The Labute approximate surface area is 127 Å². The van der Waals surface area contributed by atoms with E-state index in [1.54, 1.807) is 19.2 Å². The molecule has 108 valence electrons. The summed E-state index contributed by atoms with van der Waals surface area (Å²) in [5, 5.41) is 15.3. The molecule has 0 atom stereocenters. The molecule has 5 nitrogen and oxygen atoms in total. The number of nitrogens with one attached hydrogen (secondary N) is 2. The molecule has 0 aliphatic carbocycles. The standard InChI is InChI=1S/C15H14N2O3S/c1-20-13-7-3-6-12(9-13)17-15(21)16-11-5-2-4-10(8-11)14(18)19/h2-9H,1H3,(H,18,19)(H2,16,17,21). The number of methoxy groups -OCH3 is 1. The fourth-order valence-corrected chi connectivity index (χ4v) is 1.96. The largest absolute Gasteiger partial charge is 0.497 e. The predicted octanol–water partition coefficient (Wildman–Crippen LogP) is 3.20. The summed E-state index contributed by atoms with van der Waals surface area (Å²) >= 11 is 5.20. The summed E-state index contributed by atoms with van der Waals surface area (Å²) in [5.41, 5.74) is 1.58. The molecule has 0 unspecified atom stereocenters. The maximum atomic E-state index is 10.9. The lowest BCUT2D eigenvalue weighted by atomic mass is 10.2. The zero-order valence-electron chi connectivity index (χ0n) is 11.3. The zero-order valence-corrected chi connectivity index (χ0v) is 12.1. The van der Waals surface area contributed by atoms with Gasteiger partial charge in [0.15, 0.2) is 5.11 Å². The quantitative estimate of drug-likeness (QED) is 0.753. The molecule has 0 heterocycles. The topological polar surface area (TPSA) is 70.6 Å². The number of hydrogen-bond acceptors (Lipinski definition) is 3. The first kappa shape index (κ1) is 14.8. The number of aromatic carboxylic acids is 1. The Hall–Kier alpha value is -2.60. The normalized spacial score (nSPS) is 9.76. The van der Waals surface area contributed by atoms with Crippen LogP contribution in [-0.2, 0) is 0 Å². The van der Waals surface area contributed by atoms with Gasteiger partial charge in [-0.3, -0.25) is 0 Å². The van der Waals surface area contributed by atoms with Gasteiger partial charge in [-0.1, -0.05) is 12.1 Å². The molecule has 2 aromatic rings. The summed E-state index contributed by atoms with van der Waals surface area (Å²) in [6.07, 6.45) is 0. The van der Waals surface area contributed by atoms with E-state index in [0.717, 1.165) is 11.4 Å². The number of rotatable bonds is 4. The first-order chi connectivity index (χ1) is 10.1. The van der Waals surface area contributed by atoms with Crippen LogP contribution in [0.4, 0.5) is 11.4 Å². The first-order valence-corrected chi connectivity index (χ1v) is 6.55. The maximum absolute atomic E-state index is 10.9. The highest BCUT2D eigenvalue weighted by molar-refractivity contribution is 7.80. The first-order valence-electron chi connectivity index (χ1n) is 6.14. The molecule has 0 fully saturated rings. The van der Waals surface area contributed by atoms with Gasteiger partial charge in [-0.05, 0) is 42.5 Å². The second kappa shape index (κ2) is 6.71. The summed E-state index contributed by atoms with van der Waals surface area (Å²) in [6.45, 7) is 0. The highest BCUT2D eigenvalue weighted by atomic mass is 32.1. The molecule has 0 spiro atoms. The molecule has 21 heavy (non-hydrogen) atoms. The molecule has 2 aromatic carbocycles. The molecule has 0 aliphatic rings. The number of carbonyl (C=O) groups is 1. The Balaban J connectivity index is 2.04. The molecule has 0 bridgehead atoms. The molecule has 2 rings (SSSR count). The lowest BCUT2D eigenvalue weighted by Gasteiger charge is -2.11. The van der Waals surface area contributed by atoms with E-state index in [2.05, 4.69) is 10.6 Å². The molecular weight excluding hydrogens is 288 g/mol. The van der Waals surface area contributed by atoms with E-state index in [0.29, 0.717) is 10.8 Å². The van der Waals surface area contributed by atoms with Gasteiger partial charge in [0.1, 0.15) is 5.75 Å². The fraction of sp³-hybridized carbons (Fsp3) is 0.0667. The van der Waals surface area contributed by atoms with E-state index in [1.807, 2.05) is 24.3 Å². The summed E-state index contributed by atoms with van der Waals surface area (Å²) in [5.74, 6) is -0.263.